The molecule has 0 N–H and O–H groups in total. The van der Waals surface area contributed by atoms with Crippen LogP contribution in [-0.2, 0) is 39.1 Å². The third-order valence-electron chi connectivity index (χ3n) is 5.79. The first-order valence-electron chi connectivity index (χ1n) is 10.2. The Morgan fingerprint density at radius 3 is 2.41 bits per heavy atom. The fourth-order valence-corrected chi connectivity index (χ4v) is 4.06. The lowest BCUT2D eigenvalue weighted by atomic mass is 10.1. The topological polar surface area (TPSA) is 71.0 Å². The summed E-state index contributed by atoms with van der Waals surface area (Å²) >= 11 is 0. The van der Waals surface area contributed by atoms with Crippen LogP contribution >= 0.6 is 0 Å². The minimum absolute atomic E-state index is 0.0125. The monoisotopic (exact) mass is 436 g/mol. The maximum atomic E-state index is 13.5. The van der Waals surface area contributed by atoms with E-state index in [0.29, 0.717) is 42.0 Å². The van der Waals surface area contributed by atoms with Gasteiger partial charge in [-0.2, -0.15) is 5.26 Å². The van der Waals surface area contributed by atoms with E-state index >= 15 is 0 Å². The standard InChI is InChI=1S/C24H22F2N4O2/c1-24(25,26)19-8-6-16(7-9-19)13-30-22(31)20-14-29(15-21(20)28(2)23(30)32)12-18-5-3-4-17(10-18)11-27/h3-10H,12-15H2,1-2H3. The second-order valence-electron chi connectivity index (χ2n) is 8.20. The lowest BCUT2D eigenvalue weighted by molar-refractivity contribution is 0.0174. The molecule has 6 nitrogen and oxygen atoms in total. The largest absolute Gasteiger partial charge is 0.331 e. The molecule has 2 aromatic carbocycles. The summed E-state index contributed by atoms with van der Waals surface area (Å²) in [5, 5.41) is 9.09. The third kappa shape index (κ3) is 4.12. The zero-order valence-corrected chi connectivity index (χ0v) is 17.8. The molecule has 32 heavy (non-hydrogen) atoms. The van der Waals surface area contributed by atoms with Crippen molar-refractivity contribution in [2.45, 2.75) is 39.0 Å². The summed E-state index contributed by atoms with van der Waals surface area (Å²) in [5.41, 5.74) is 2.44. The normalized spacial score (nSPS) is 13.7. The van der Waals surface area contributed by atoms with Gasteiger partial charge in [0.1, 0.15) is 0 Å². The number of rotatable bonds is 5. The van der Waals surface area contributed by atoms with Gasteiger partial charge in [-0.1, -0.05) is 36.4 Å². The van der Waals surface area contributed by atoms with E-state index in [0.717, 1.165) is 17.1 Å². The molecule has 164 valence electrons. The molecule has 0 saturated carbocycles. The molecule has 0 fully saturated rings. The van der Waals surface area contributed by atoms with E-state index in [1.165, 1.54) is 28.8 Å². The highest BCUT2D eigenvalue weighted by Gasteiger charge is 2.27. The van der Waals surface area contributed by atoms with Crippen molar-refractivity contribution >= 4 is 0 Å². The summed E-state index contributed by atoms with van der Waals surface area (Å²) in [6.45, 7) is 2.22. The van der Waals surface area contributed by atoms with Gasteiger partial charge >= 0.3 is 5.69 Å². The van der Waals surface area contributed by atoms with Crippen LogP contribution in [-0.4, -0.2) is 14.0 Å². The molecule has 0 spiro atoms. The Bertz CT molecular complexity index is 1330. The number of alkyl halides is 2. The van der Waals surface area contributed by atoms with Crippen LogP contribution in [0.1, 0.15) is 40.4 Å². The molecular weight excluding hydrogens is 414 g/mol. The van der Waals surface area contributed by atoms with Crippen LogP contribution in [0.3, 0.4) is 0 Å². The fourth-order valence-electron chi connectivity index (χ4n) is 4.06. The number of nitriles is 1. The molecule has 1 aliphatic heterocycles. The van der Waals surface area contributed by atoms with Gasteiger partial charge in [-0.3, -0.25) is 18.8 Å². The second kappa shape index (κ2) is 8.17. The van der Waals surface area contributed by atoms with Crippen LogP contribution in [0.5, 0.6) is 0 Å². The van der Waals surface area contributed by atoms with Crippen LogP contribution in [0, 0.1) is 11.3 Å². The highest BCUT2D eigenvalue weighted by Crippen LogP contribution is 2.27. The number of halogens is 2. The van der Waals surface area contributed by atoms with E-state index in [1.807, 2.05) is 23.1 Å². The lowest BCUT2D eigenvalue weighted by Crippen LogP contribution is -2.41. The Hall–Kier alpha value is -3.57. The van der Waals surface area contributed by atoms with Gasteiger partial charge in [-0.15, -0.1) is 0 Å². The van der Waals surface area contributed by atoms with Gasteiger partial charge in [-0.05, 0) is 23.3 Å². The van der Waals surface area contributed by atoms with E-state index in [4.69, 9.17) is 5.26 Å². The number of aromatic nitrogens is 2. The van der Waals surface area contributed by atoms with Crippen LogP contribution < -0.4 is 11.2 Å². The van der Waals surface area contributed by atoms with Crippen molar-refractivity contribution in [3.8, 4) is 6.07 Å². The van der Waals surface area contributed by atoms with Gasteiger partial charge in [0.2, 0.25) is 0 Å². The summed E-state index contributed by atoms with van der Waals surface area (Å²) in [6.07, 6.45) is 0. The third-order valence-corrected chi connectivity index (χ3v) is 5.79. The summed E-state index contributed by atoms with van der Waals surface area (Å²) in [6, 6.07) is 15.1. The quantitative estimate of drug-likeness (QED) is 0.616. The van der Waals surface area contributed by atoms with Crippen molar-refractivity contribution in [3.63, 3.8) is 0 Å². The fraction of sp³-hybridized carbons (Fsp3) is 0.292. The van der Waals surface area contributed by atoms with Crippen LogP contribution in [0.2, 0.25) is 0 Å². The molecule has 0 bridgehead atoms. The van der Waals surface area contributed by atoms with Gasteiger partial charge in [-0.25, -0.2) is 13.6 Å². The van der Waals surface area contributed by atoms with Gasteiger partial charge < -0.3 is 0 Å². The molecule has 0 aliphatic carbocycles. The minimum atomic E-state index is -2.95. The summed E-state index contributed by atoms with van der Waals surface area (Å²) < 4.78 is 29.5. The average molecular weight is 436 g/mol. The number of benzene rings is 2. The van der Waals surface area contributed by atoms with Gasteiger partial charge in [0, 0.05) is 44.9 Å². The average Bonchev–Trinajstić information content (AvgIpc) is 3.19. The van der Waals surface area contributed by atoms with Crippen LogP contribution in [0.25, 0.3) is 0 Å². The van der Waals surface area contributed by atoms with Gasteiger partial charge in [0.25, 0.3) is 11.5 Å². The zero-order chi connectivity index (χ0) is 23.0. The minimum Gasteiger partial charge on any atom is -0.299 e. The van der Waals surface area contributed by atoms with Crippen molar-refractivity contribution in [2.24, 2.45) is 7.05 Å². The molecule has 4 rings (SSSR count). The van der Waals surface area contributed by atoms with E-state index in [1.54, 1.807) is 13.1 Å². The summed E-state index contributed by atoms with van der Waals surface area (Å²) in [5.74, 6) is -2.95. The SMILES string of the molecule is Cn1c2c(c(=O)n(Cc3ccc(C(C)(F)F)cc3)c1=O)CN(Cc1cccc(C#N)c1)C2. The van der Waals surface area contributed by atoms with E-state index < -0.39 is 11.6 Å². The highest BCUT2D eigenvalue weighted by molar-refractivity contribution is 5.33. The Morgan fingerprint density at radius 2 is 1.75 bits per heavy atom. The molecule has 1 aromatic heterocycles. The first-order chi connectivity index (χ1) is 15.2. The van der Waals surface area contributed by atoms with Gasteiger partial charge in [0.05, 0.1) is 23.7 Å². The van der Waals surface area contributed by atoms with Crippen molar-refractivity contribution in [3.05, 3.63) is 103 Å². The van der Waals surface area contributed by atoms with E-state index in [9.17, 15) is 18.4 Å². The summed E-state index contributed by atoms with van der Waals surface area (Å²) in [4.78, 5) is 28.0. The zero-order valence-electron chi connectivity index (χ0n) is 17.8. The first kappa shape index (κ1) is 21.7. The van der Waals surface area contributed by atoms with Gasteiger partial charge in [0.15, 0.2) is 0 Å². The van der Waals surface area contributed by atoms with E-state index in [-0.39, 0.29) is 17.7 Å². The number of hydrogen-bond donors (Lipinski definition) is 0. The first-order valence-corrected chi connectivity index (χ1v) is 10.2. The van der Waals surface area contributed by atoms with Crippen molar-refractivity contribution < 1.29 is 8.78 Å². The van der Waals surface area contributed by atoms with Crippen LogP contribution in [0.4, 0.5) is 8.78 Å². The van der Waals surface area contributed by atoms with Crippen LogP contribution in [0.15, 0.2) is 58.1 Å². The van der Waals surface area contributed by atoms with E-state index in [2.05, 4.69) is 6.07 Å². The summed E-state index contributed by atoms with van der Waals surface area (Å²) in [7, 11) is 1.64. The Morgan fingerprint density at radius 1 is 1.03 bits per heavy atom. The molecule has 8 heteroatoms. The Labute approximate surface area is 183 Å². The van der Waals surface area contributed by atoms with Crippen molar-refractivity contribution in [1.82, 2.24) is 14.0 Å². The number of hydrogen-bond acceptors (Lipinski definition) is 4. The van der Waals surface area contributed by atoms with Crippen molar-refractivity contribution in [2.75, 3.05) is 0 Å². The van der Waals surface area contributed by atoms with Crippen molar-refractivity contribution in [1.29, 1.82) is 5.26 Å². The Kier molecular flexibility index (Phi) is 5.53. The lowest BCUT2D eigenvalue weighted by Gasteiger charge is -2.14. The molecule has 1 aliphatic rings. The number of fused-ring (bicyclic) bond motifs is 1. The number of nitrogens with zero attached hydrogens (tertiary/aromatic N) is 4. The molecule has 0 saturated heterocycles. The second-order valence-corrected chi connectivity index (χ2v) is 8.20. The molecule has 0 unspecified atom stereocenters. The maximum Gasteiger partial charge on any atom is 0.331 e. The Balaban J connectivity index is 1.60. The molecular formula is C24H22F2N4O2. The molecule has 0 radical (unpaired) electrons. The predicted molar refractivity (Wildman–Crippen MR) is 115 cm³/mol. The maximum absolute atomic E-state index is 13.5. The predicted octanol–water partition coefficient (Wildman–Crippen LogP) is 3.09. The molecule has 3 aromatic rings. The highest BCUT2D eigenvalue weighted by atomic mass is 19.3. The molecule has 2 heterocycles. The smallest absolute Gasteiger partial charge is 0.299 e. The molecule has 0 amide bonds. The molecule has 0 atom stereocenters.